The second-order valence-corrected chi connectivity index (χ2v) is 5.76. The van der Waals surface area contributed by atoms with E-state index in [4.69, 9.17) is 0 Å². The first-order valence-electron chi connectivity index (χ1n) is 8.35. The predicted molar refractivity (Wildman–Crippen MR) is 99.0 cm³/mol. The van der Waals surface area contributed by atoms with Crippen molar-refractivity contribution < 1.29 is 4.39 Å². The molecule has 2 N–H and O–H groups in total. The van der Waals surface area contributed by atoms with Crippen LogP contribution in [0.5, 0.6) is 0 Å². The van der Waals surface area contributed by atoms with Crippen LogP contribution in [0, 0.1) is 5.82 Å². The summed E-state index contributed by atoms with van der Waals surface area (Å²) in [5.41, 5.74) is 3.18. The molecular weight excluding hydrogens is 317 g/mol. The van der Waals surface area contributed by atoms with Gasteiger partial charge in [0.05, 0.1) is 17.4 Å². The smallest absolute Gasteiger partial charge is 0.191 e. The molecule has 0 spiro atoms. The fourth-order valence-electron chi connectivity index (χ4n) is 2.65. The normalized spacial score (nSPS) is 11.7. The van der Waals surface area contributed by atoms with E-state index in [9.17, 15) is 4.39 Å². The monoisotopic (exact) mass is 339 g/mol. The van der Waals surface area contributed by atoms with Crippen LogP contribution in [0.2, 0.25) is 0 Å². The molecular formula is C19H22FN5. The number of nitrogens with one attached hydrogen (secondary N) is 2. The quantitative estimate of drug-likeness (QED) is 0.412. The van der Waals surface area contributed by atoms with Gasteiger partial charge in [-0.2, -0.15) is 0 Å². The van der Waals surface area contributed by atoms with Crippen LogP contribution >= 0.6 is 0 Å². The van der Waals surface area contributed by atoms with E-state index in [0.29, 0.717) is 6.54 Å². The van der Waals surface area contributed by atoms with Crippen LogP contribution in [0.3, 0.4) is 0 Å². The molecule has 0 radical (unpaired) electrons. The summed E-state index contributed by atoms with van der Waals surface area (Å²) in [6.45, 7) is 2.30. The number of aryl methyl sites for hydroxylation is 1. The Labute approximate surface area is 146 Å². The van der Waals surface area contributed by atoms with Crippen LogP contribution in [0.1, 0.15) is 12.0 Å². The number of aromatic nitrogens is 2. The molecule has 0 aliphatic carbocycles. The lowest BCUT2D eigenvalue weighted by molar-refractivity contribution is 0.626. The highest BCUT2D eigenvalue weighted by molar-refractivity contribution is 5.79. The summed E-state index contributed by atoms with van der Waals surface area (Å²) < 4.78 is 15.1. The fourth-order valence-corrected chi connectivity index (χ4v) is 2.65. The Balaban J connectivity index is 1.43. The van der Waals surface area contributed by atoms with E-state index >= 15 is 0 Å². The molecule has 3 rings (SSSR count). The van der Waals surface area contributed by atoms with E-state index in [0.717, 1.165) is 42.1 Å². The van der Waals surface area contributed by atoms with E-state index in [2.05, 4.69) is 31.2 Å². The van der Waals surface area contributed by atoms with Gasteiger partial charge in [0, 0.05) is 26.7 Å². The number of guanidine groups is 1. The molecule has 0 saturated carbocycles. The first-order chi connectivity index (χ1) is 12.3. The summed E-state index contributed by atoms with van der Waals surface area (Å²) in [7, 11) is 1.74. The van der Waals surface area contributed by atoms with E-state index in [1.165, 1.54) is 12.1 Å². The minimum Gasteiger partial charge on any atom is -0.356 e. The van der Waals surface area contributed by atoms with E-state index in [-0.39, 0.29) is 5.82 Å². The van der Waals surface area contributed by atoms with E-state index in [1.54, 1.807) is 19.2 Å². The van der Waals surface area contributed by atoms with Gasteiger partial charge in [0.15, 0.2) is 5.96 Å². The lowest BCUT2D eigenvalue weighted by Gasteiger charge is -2.12. The van der Waals surface area contributed by atoms with Crippen LogP contribution in [0.25, 0.3) is 11.0 Å². The molecule has 25 heavy (non-hydrogen) atoms. The Bertz CT molecular complexity index is 838. The molecule has 0 saturated heterocycles. The molecule has 0 fully saturated rings. The van der Waals surface area contributed by atoms with Crippen molar-refractivity contribution in [1.82, 2.24) is 20.2 Å². The Morgan fingerprint density at radius 3 is 2.72 bits per heavy atom. The number of para-hydroxylation sites is 2. The van der Waals surface area contributed by atoms with Crippen molar-refractivity contribution in [3.8, 4) is 0 Å². The van der Waals surface area contributed by atoms with Crippen LogP contribution in [-0.4, -0.2) is 29.1 Å². The average molecular weight is 339 g/mol. The summed E-state index contributed by atoms with van der Waals surface area (Å²) in [5, 5.41) is 6.52. The van der Waals surface area contributed by atoms with E-state index < -0.39 is 0 Å². The largest absolute Gasteiger partial charge is 0.356 e. The van der Waals surface area contributed by atoms with Gasteiger partial charge in [0.1, 0.15) is 5.82 Å². The predicted octanol–water partition coefficient (Wildman–Crippen LogP) is 2.93. The van der Waals surface area contributed by atoms with Gasteiger partial charge in [-0.25, -0.2) is 9.37 Å². The molecule has 2 aromatic carbocycles. The third-order valence-electron chi connectivity index (χ3n) is 3.99. The SMILES string of the molecule is CN=C(NCCCn1cnc2ccccc21)NCc1ccc(F)cc1. The molecule has 3 aromatic rings. The Kier molecular flexibility index (Phi) is 5.61. The molecule has 0 amide bonds. The summed E-state index contributed by atoms with van der Waals surface area (Å²) in [5.74, 6) is 0.512. The molecule has 1 aromatic heterocycles. The first kappa shape index (κ1) is 17.0. The van der Waals surface area contributed by atoms with Crippen molar-refractivity contribution in [3.63, 3.8) is 0 Å². The molecule has 0 aliphatic rings. The number of halogens is 1. The summed E-state index contributed by atoms with van der Waals surface area (Å²) >= 11 is 0. The van der Waals surface area contributed by atoms with Gasteiger partial charge >= 0.3 is 0 Å². The van der Waals surface area contributed by atoms with Gasteiger partial charge in [-0.3, -0.25) is 4.99 Å². The second kappa shape index (κ2) is 8.28. The maximum atomic E-state index is 12.9. The van der Waals surface area contributed by atoms with Crippen LogP contribution in [0.15, 0.2) is 59.9 Å². The number of benzene rings is 2. The van der Waals surface area contributed by atoms with Gasteiger partial charge < -0.3 is 15.2 Å². The van der Waals surface area contributed by atoms with E-state index in [1.807, 2.05) is 24.5 Å². The molecule has 0 atom stereocenters. The highest BCUT2D eigenvalue weighted by Crippen LogP contribution is 2.11. The Hall–Kier alpha value is -2.89. The number of nitrogens with zero attached hydrogens (tertiary/aromatic N) is 3. The van der Waals surface area contributed by atoms with Crippen molar-refractivity contribution in [2.24, 2.45) is 4.99 Å². The summed E-state index contributed by atoms with van der Waals surface area (Å²) in [4.78, 5) is 8.60. The van der Waals surface area contributed by atoms with Gasteiger partial charge in [-0.15, -0.1) is 0 Å². The van der Waals surface area contributed by atoms with Crippen LogP contribution in [0.4, 0.5) is 4.39 Å². The summed E-state index contributed by atoms with van der Waals surface area (Å²) in [6.07, 6.45) is 2.84. The van der Waals surface area contributed by atoms with Crippen LogP contribution < -0.4 is 10.6 Å². The number of rotatable bonds is 6. The number of aliphatic imine (C=N–C) groups is 1. The zero-order chi connectivity index (χ0) is 17.5. The molecule has 130 valence electrons. The van der Waals surface area contributed by atoms with Crippen molar-refractivity contribution >= 4 is 17.0 Å². The number of fused-ring (bicyclic) bond motifs is 1. The molecule has 0 bridgehead atoms. The minimum absolute atomic E-state index is 0.224. The van der Waals surface area contributed by atoms with Gasteiger partial charge in [0.25, 0.3) is 0 Å². The van der Waals surface area contributed by atoms with Crippen molar-refractivity contribution in [2.45, 2.75) is 19.5 Å². The third-order valence-corrected chi connectivity index (χ3v) is 3.99. The highest BCUT2D eigenvalue weighted by Gasteiger charge is 2.02. The van der Waals surface area contributed by atoms with Crippen molar-refractivity contribution in [2.75, 3.05) is 13.6 Å². The number of hydrogen-bond donors (Lipinski definition) is 2. The van der Waals surface area contributed by atoms with Gasteiger partial charge in [-0.05, 0) is 36.2 Å². The first-order valence-corrected chi connectivity index (χ1v) is 8.35. The molecule has 5 nitrogen and oxygen atoms in total. The zero-order valence-electron chi connectivity index (χ0n) is 14.2. The van der Waals surface area contributed by atoms with Crippen molar-refractivity contribution in [3.05, 3.63) is 66.2 Å². The standard InChI is InChI=1S/C19H22FN5/c1-21-19(23-13-15-7-9-16(20)10-8-15)22-11-4-12-25-14-24-17-5-2-3-6-18(17)25/h2-3,5-10,14H,4,11-13H2,1H3,(H2,21,22,23). The average Bonchev–Trinajstić information content (AvgIpc) is 3.06. The molecule has 0 aliphatic heterocycles. The number of imidazole rings is 1. The Morgan fingerprint density at radius 2 is 1.92 bits per heavy atom. The maximum Gasteiger partial charge on any atom is 0.191 e. The molecule has 6 heteroatoms. The Morgan fingerprint density at radius 1 is 1.12 bits per heavy atom. The van der Waals surface area contributed by atoms with Crippen LogP contribution in [-0.2, 0) is 13.1 Å². The molecule has 0 unspecified atom stereocenters. The topological polar surface area (TPSA) is 54.2 Å². The highest BCUT2D eigenvalue weighted by atomic mass is 19.1. The third kappa shape index (κ3) is 4.56. The lowest BCUT2D eigenvalue weighted by atomic mass is 10.2. The maximum absolute atomic E-state index is 12.9. The second-order valence-electron chi connectivity index (χ2n) is 5.76. The van der Waals surface area contributed by atoms with Gasteiger partial charge in [-0.1, -0.05) is 24.3 Å². The van der Waals surface area contributed by atoms with Crippen molar-refractivity contribution in [1.29, 1.82) is 0 Å². The minimum atomic E-state index is -0.224. The fraction of sp³-hybridized carbons (Fsp3) is 0.263. The zero-order valence-corrected chi connectivity index (χ0v) is 14.2. The number of hydrogen-bond acceptors (Lipinski definition) is 2. The lowest BCUT2D eigenvalue weighted by Crippen LogP contribution is -2.37. The van der Waals surface area contributed by atoms with Gasteiger partial charge in [0.2, 0.25) is 0 Å². The summed E-state index contributed by atoms with van der Waals surface area (Å²) in [6, 6.07) is 14.6. The molecule has 1 heterocycles.